The molecule has 1 atom stereocenters. The van der Waals surface area contributed by atoms with Crippen molar-refractivity contribution in [3.05, 3.63) is 29.8 Å². The lowest BCUT2D eigenvalue weighted by atomic mass is 10.0. The predicted octanol–water partition coefficient (Wildman–Crippen LogP) is 0.690. The number of sulfone groups is 1. The highest BCUT2D eigenvalue weighted by Gasteiger charge is 2.16. The van der Waals surface area contributed by atoms with E-state index in [9.17, 15) is 13.2 Å². The molecule has 19 heavy (non-hydrogen) atoms. The highest BCUT2D eigenvalue weighted by atomic mass is 32.2. The molecule has 0 saturated carbocycles. The lowest BCUT2D eigenvalue weighted by Crippen LogP contribution is -2.43. The van der Waals surface area contributed by atoms with E-state index in [1.54, 1.807) is 12.1 Å². The zero-order chi connectivity index (χ0) is 14.6. The van der Waals surface area contributed by atoms with Crippen molar-refractivity contribution in [2.75, 3.05) is 6.26 Å². The summed E-state index contributed by atoms with van der Waals surface area (Å²) in [7, 11) is -3.18. The molecule has 3 N–H and O–H groups in total. The molecule has 106 valence electrons. The third kappa shape index (κ3) is 4.65. The fourth-order valence-electron chi connectivity index (χ4n) is 1.46. The summed E-state index contributed by atoms with van der Waals surface area (Å²) >= 11 is 0. The van der Waals surface area contributed by atoms with Crippen molar-refractivity contribution >= 4 is 15.7 Å². The van der Waals surface area contributed by atoms with Crippen molar-refractivity contribution in [2.45, 2.75) is 31.3 Å². The molecule has 0 bridgehead atoms. The number of carbonyl (C=O) groups is 1. The van der Waals surface area contributed by atoms with E-state index in [0.29, 0.717) is 6.54 Å². The Kier molecular flexibility index (Phi) is 5.08. The van der Waals surface area contributed by atoms with Gasteiger partial charge in [-0.2, -0.15) is 0 Å². The first kappa shape index (κ1) is 15.7. The minimum atomic E-state index is -3.18. The van der Waals surface area contributed by atoms with Gasteiger partial charge in [0.2, 0.25) is 5.91 Å². The summed E-state index contributed by atoms with van der Waals surface area (Å²) in [5, 5.41) is 2.72. The van der Waals surface area contributed by atoms with Crippen LogP contribution in [-0.2, 0) is 21.2 Å². The molecule has 6 heteroatoms. The molecule has 0 radical (unpaired) electrons. The summed E-state index contributed by atoms with van der Waals surface area (Å²) in [6.07, 6.45) is 1.16. The molecule has 1 unspecified atom stereocenters. The van der Waals surface area contributed by atoms with Gasteiger partial charge < -0.3 is 11.1 Å². The number of carbonyl (C=O) groups excluding carboxylic acids is 1. The Hall–Kier alpha value is -1.40. The Morgan fingerprint density at radius 2 is 1.79 bits per heavy atom. The Balaban J connectivity index is 2.63. The zero-order valence-electron chi connectivity index (χ0n) is 11.4. The predicted molar refractivity (Wildman–Crippen MR) is 74.2 cm³/mol. The summed E-state index contributed by atoms with van der Waals surface area (Å²) in [5.74, 6) is -0.130. The number of hydrogen-bond acceptors (Lipinski definition) is 4. The summed E-state index contributed by atoms with van der Waals surface area (Å²) in [5.41, 5.74) is 6.54. The highest BCUT2D eigenvalue weighted by Crippen LogP contribution is 2.10. The SMILES string of the molecule is CC(C)C(N)C(=O)NCc1ccc(S(C)(=O)=O)cc1. The Morgan fingerprint density at radius 1 is 1.26 bits per heavy atom. The first-order valence-corrected chi connectivity index (χ1v) is 7.93. The first-order chi connectivity index (χ1) is 8.71. The number of nitrogens with one attached hydrogen (secondary N) is 1. The van der Waals surface area contributed by atoms with E-state index in [2.05, 4.69) is 5.32 Å². The maximum Gasteiger partial charge on any atom is 0.237 e. The van der Waals surface area contributed by atoms with Crippen LogP contribution in [0.3, 0.4) is 0 Å². The topological polar surface area (TPSA) is 89.3 Å². The van der Waals surface area contributed by atoms with Crippen LogP contribution in [0.2, 0.25) is 0 Å². The van der Waals surface area contributed by atoms with Gasteiger partial charge in [0.25, 0.3) is 0 Å². The minimum absolute atomic E-state index is 0.0765. The summed E-state index contributed by atoms with van der Waals surface area (Å²) in [6.45, 7) is 4.10. The monoisotopic (exact) mass is 284 g/mol. The van der Waals surface area contributed by atoms with E-state index < -0.39 is 15.9 Å². The highest BCUT2D eigenvalue weighted by molar-refractivity contribution is 7.90. The van der Waals surface area contributed by atoms with Gasteiger partial charge in [0.15, 0.2) is 9.84 Å². The molecule has 1 amide bonds. The number of hydrogen-bond donors (Lipinski definition) is 2. The standard InChI is InChI=1S/C13H20N2O3S/c1-9(2)12(14)13(16)15-8-10-4-6-11(7-5-10)19(3,17)18/h4-7,9,12H,8,14H2,1-3H3,(H,15,16). The van der Waals surface area contributed by atoms with Gasteiger partial charge >= 0.3 is 0 Å². The molecular weight excluding hydrogens is 264 g/mol. The smallest absolute Gasteiger partial charge is 0.237 e. The molecule has 0 spiro atoms. The molecule has 0 aliphatic rings. The summed E-state index contributed by atoms with van der Waals surface area (Å²) < 4.78 is 22.6. The molecule has 0 aliphatic carbocycles. The van der Waals surface area contributed by atoms with Crippen molar-refractivity contribution in [3.63, 3.8) is 0 Å². The number of amides is 1. The quantitative estimate of drug-likeness (QED) is 0.832. The molecular formula is C13H20N2O3S. The maximum absolute atomic E-state index is 11.7. The van der Waals surface area contributed by atoms with Crippen molar-refractivity contribution in [2.24, 2.45) is 11.7 Å². The van der Waals surface area contributed by atoms with Crippen molar-refractivity contribution in [3.8, 4) is 0 Å². The number of benzene rings is 1. The van der Waals surface area contributed by atoms with E-state index >= 15 is 0 Å². The lowest BCUT2D eigenvalue weighted by Gasteiger charge is -2.15. The van der Waals surface area contributed by atoms with Gasteiger partial charge in [-0.05, 0) is 23.6 Å². The van der Waals surface area contributed by atoms with E-state index in [-0.39, 0.29) is 16.7 Å². The Bertz CT molecular complexity index is 536. The zero-order valence-corrected chi connectivity index (χ0v) is 12.2. The second-order valence-electron chi connectivity index (χ2n) is 4.90. The lowest BCUT2D eigenvalue weighted by molar-refractivity contribution is -0.123. The number of nitrogens with two attached hydrogens (primary N) is 1. The second kappa shape index (κ2) is 6.16. The van der Waals surface area contributed by atoms with Gasteiger partial charge in [0.05, 0.1) is 10.9 Å². The third-order valence-electron chi connectivity index (χ3n) is 2.84. The van der Waals surface area contributed by atoms with Gasteiger partial charge in [0.1, 0.15) is 0 Å². The van der Waals surface area contributed by atoms with Gasteiger partial charge in [-0.1, -0.05) is 26.0 Å². The fraction of sp³-hybridized carbons (Fsp3) is 0.462. The second-order valence-corrected chi connectivity index (χ2v) is 6.92. The molecule has 5 nitrogen and oxygen atoms in total. The van der Waals surface area contributed by atoms with Gasteiger partial charge in [0, 0.05) is 12.8 Å². The number of rotatable bonds is 5. The summed E-state index contributed by atoms with van der Waals surface area (Å²) in [6, 6.07) is 5.88. The average Bonchev–Trinajstić information content (AvgIpc) is 2.34. The van der Waals surface area contributed by atoms with Gasteiger partial charge in [-0.25, -0.2) is 8.42 Å². The molecule has 1 aromatic carbocycles. The van der Waals surface area contributed by atoms with E-state index in [1.807, 2.05) is 13.8 Å². The largest absolute Gasteiger partial charge is 0.351 e. The first-order valence-electron chi connectivity index (χ1n) is 6.04. The van der Waals surface area contributed by atoms with Crippen LogP contribution in [0.4, 0.5) is 0 Å². The molecule has 1 rings (SSSR count). The van der Waals surface area contributed by atoms with Crippen molar-refractivity contribution < 1.29 is 13.2 Å². The Morgan fingerprint density at radius 3 is 2.21 bits per heavy atom. The van der Waals surface area contributed by atoms with E-state index in [0.717, 1.165) is 11.8 Å². The van der Waals surface area contributed by atoms with Crippen LogP contribution >= 0.6 is 0 Å². The Labute approximate surface area is 114 Å². The normalized spacial score (nSPS) is 13.3. The average molecular weight is 284 g/mol. The minimum Gasteiger partial charge on any atom is -0.351 e. The van der Waals surface area contributed by atoms with Crippen LogP contribution in [0.15, 0.2) is 29.2 Å². The van der Waals surface area contributed by atoms with Crippen LogP contribution in [0.25, 0.3) is 0 Å². The van der Waals surface area contributed by atoms with Crippen molar-refractivity contribution in [1.82, 2.24) is 5.32 Å². The molecule has 0 heterocycles. The van der Waals surface area contributed by atoms with Crippen molar-refractivity contribution in [1.29, 1.82) is 0 Å². The van der Waals surface area contributed by atoms with Gasteiger partial charge in [-0.3, -0.25) is 4.79 Å². The molecule has 0 saturated heterocycles. The van der Waals surface area contributed by atoms with E-state index in [1.165, 1.54) is 12.1 Å². The van der Waals surface area contributed by atoms with Crippen LogP contribution in [0.5, 0.6) is 0 Å². The molecule has 0 aliphatic heterocycles. The van der Waals surface area contributed by atoms with Crippen LogP contribution < -0.4 is 11.1 Å². The van der Waals surface area contributed by atoms with Crippen LogP contribution in [0, 0.1) is 5.92 Å². The fourth-order valence-corrected chi connectivity index (χ4v) is 2.09. The third-order valence-corrected chi connectivity index (χ3v) is 3.97. The maximum atomic E-state index is 11.7. The van der Waals surface area contributed by atoms with E-state index in [4.69, 9.17) is 5.73 Å². The molecule has 0 fully saturated rings. The van der Waals surface area contributed by atoms with Gasteiger partial charge in [-0.15, -0.1) is 0 Å². The van der Waals surface area contributed by atoms with Crippen LogP contribution in [-0.4, -0.2) is 26.6 Å². The molecule has 0 aromatic heterocycles. The molecule has 1 aromatic rings. The summed E-state index contributed by atoms with van der Waals surface area (Å²) in [4.78, 5) is 11.9. The van der Waals surface area contributed by atoms with Crippen LogP contribution in [0.1, 0.15) is 19.4 Å².